The minimum absolute atomic E-state index is 0.121. The molecule has 3 aliphatic rings. The van der Waals surface area contributed by atoms with Crippen molar-refractivity contribution in [3.63, 3.8) is 0 Å². The second-order valence-electron chi connectivity index (χ2n) is 10.3. The van der Waals surface area contributed by atoms with Gasteiger partial charge < -0.3 is 28.8 Å². The average Bonchev–Trinajstić information content (AvgIpc) is 3.45. The monoisotopic (exact) mass is 568 g/mol. The molecule has 3 aromatic rings. The van der Waals surface area contributed by atoms with Crippen LogP contribution in [0.1, 0.15) is 30.4 Å². The second-order valence-corrected chi connectivity index (χ2v) is 10.7. The van der Waals surface area contributed by atoms with Gasteiger partial charge in [0.25, 0.3) is 5.79 Å². The van der Waals surface area contributed by atoms with Gasteiger partial charge in [0.2, 0.25) is 0 Å². The molecule has 9 nitrogen and oxygen atoms in total. The van der Waals surface area contributed by atoms with Crippen molar-refractivity contribution in [3.05, 3.63) is 76.6 Å². The number of fused-ring (bicyclic) bond motifs is 1. The Morgan fingerprint density at radius 2 is 2.02 bits per heavy atom. The summed E-state index contributed by atoms with van der Waals surface area (Å²) in [5.74, 6) is -0.736. The largest absolute Gasteiger partial charge is 0.478 e. The van der Waals surface area contributed by atoms with Crippen molar-refractivity contribution in [2.45, 2.75) is 38.3 Å². The molecule has 0 bridgehead atoms. The van der Waals surface area contributed by atoms with Gasteiger partial charge in [-0.3, -0.25) is 4.90 Å². The van der Waals surface area contributed by atoms with Crippen molar-refractivity contribution >= 4 is 29.3 Å². The third kappa shape index (κ3) is 5.26. The number of carboxylic acid groups (broad SMARTS) is 1. The third-order valence-electron chi connectivity index (χ3n) is 7.60. The van der Waals surface area contributed by atoms with Crippen molar-refractivity contribution in [1.29, 1.82) is 0 Å². The van der Waals surface area contributed by atoms with Gasteiger partial charge in [-0.2, -0.15) is 0 Å². The van der Waals surface area contributed by atoms with Gasteiger partial charge in [-0.25, -0.2) is 14.2 Å². The molecule has 2 fully saturated rings. The number of para-hydroxylation sites is 1. The van der Waals surface area contributed by atoms with Gasteiger partial charge in [0, 0.05) is 50.8 Å². The van der Waals surface area contributed by atoms with Crippen molar-refractivity contribution in [1.82, 2.24) is 14.5 Å². The maximum atomic E-state index is 14.7. The first-order valence-electron chi connectivity index (χ1n) is 13.3. The molecule has 0 amide bonds. The second kappa shape index (κ2) is 10.8. The zero-order valence-corrected chi connectivity index (χ0v) is 22.8. The SMILES string of the molecule is CC1(c2ccc(Cl)cc2F)Oc2cccc(N3CCN(Cc4ncc(/C=C/C(=O)O)n4CC4CCO4)CC3)c2O1. The lowest BCUT2D eigenvalue weighted by molar-refractivity contribution is -0.131. The number of hydrogen-bond donors (Lipinski definition) is 1. The third-order valence-corrected chi connectivity index (χ3v) is 7.84. The van der Waals surface area contributed by atoms with Crippen LogP contribution in [-0.4, -0.2) is 64.4 Å². The zero-order chi connectivity index (χ0) is 27.9. The summed E-state index contributed by atoms with van der Waals surface area (Å²) in [7, 11) is 0. The summed E-state index contributed by atoms with van der Waals surface area (Å²) in [6.45, 7) is 6.84. The number of piperazine rings is 1. The average molecular weight is 569 g/mol. The van der Waals surface area contributed by atoms with Crippen LogP contribution in [0.4, 0.5) is 10.1 Å². The number of aliphatic carboxylic acids is 1. The molecule has 11 heteroatoms. The van der Waals surface area contributed by atoms with Gasteiger partial charge >= 0.3 is 5.97 Å². The first-order valence-corrected chi connectivity index (χ1v) is 13.7. The van der Waals surface area contributed by atoms with E-state index in [9.17, 15) is 9.18 Å². The van der Waals surface area contributed by atoms with Crippen LogP contribution in [-0.2, 0) is 28.4 Å². The number of carboxylic acids is 1. The molecular formula is C29H30ClFN4O5. The number of ether oxygens (including phenoxy) is 3. The van der Waals surface area contributed by atoms with Gasteiger partial charge in [-0.05, 0) is 42.8 Å². The number of benzene rings is 2. The number of rotatable bonds is 8. The van der Waals surface area contributed by atoms with E-state index in [4.69, 9.17) is 30.9 Å². The lowest BCUT2D eigenvalue weighted by atomic mass is 10.1. The van der Waals surface area contributed by atoms with E-state index >= 15 is 0 Å². The van der Waals surface area contributed by atoms with Crippen molar-refractivity contribution in [2.24, 2.45) is 0 Å². The number of nitrogens with zero attached hydrogens (tertiary/aromatic N) is 4. The van der Waals surface area contributed by atoms with Gasteiger partial charge in [-0.1, -0.05) is 17.7 Å². The van der Waals surface area contributed by atoms with E-state index in [1.807, 2.05) is 18.2 Å². The van der Waals surface area contributed by atoms with Crippen LogP contribution < -0.4 is 14.4 Å². The van der Waals surface area contributed by atoms with Crippen molar-refractivity contribution < 1.29 is 28.5 Å². The highest BCUT2D eigenvalue weighted by atomic mass is 35.5. The lowest BCUT2D eigenvalue weighted by Crippen LogP contribution is -2.46. The zero-order valence-electron chi connectivity index (χ0n) is 22.1. The summed E-state index contributed by atoms with van der Waals surface area (Å²) < 4.78 is 34.8. The fourth-order valence-corrected chi connectivity index (χ4v) is 5.52. The topological polar surface area (TPSA) is 89.3 Å². The Bertz CT molecular complexity index is 1450. The summed E-state index contributed by atoms with van der Waals surface area (Å²) in [5.41, 5.74) is 1.94. The molecule has 40 heavy (non-hydrogen) atoms. The number of halogens is 2. The minimum atomic E-state index is -1.30. The molecule has 210 valence electrons. The first kappa shape index (κ1) is 26.6. The van der Waals surface area contributed by atoms with Crippen molar-refractivity contribution in [3.8, 4) is 11.5 Å². The Kier molecular flexibility index (Phi) is 7.16. The fourth-order valence-electron chi connectivity index (χ4n) is 5.36. The number of carbonyl (C=O) groups is 1. The van der Waals surface area contributed by atoms with Crippen molar-refractivity contribution in [2.75, 3.05) is 37.7 Å². The number of imidazole rings is 1. The van der Waals surface area contributed by atoms with Crippen LogP contribution in [0.25, 0.3) is 6.08 Å². The Labute approximate surface area is 236 Å². The summed E-state index contributed by atoms with van der Waals surface area (Å²) in [6, 6.07) is 10.2. The molecule has 6 rings (SSSR count). The van der Waals surface area contributed by atoms with Gasteiger partial charge in [0.1, 0.15) is 11.6 Å². The highest BCUT2D eigenvalue weighted by Crippen LogP contribution is 2.49. The van der Waals surface area contributed by atoms with Crippen LogP contribution in [0.15, 0.2) is 48.7 Å². The van der Waals surface area contributed by atoms with Crippen LogP contribution in [0, 0.1) is 5.82 Å². The van der Waals surface area contributed by atoms with Crippen LogP contribution in [0.3, 0.4) is 0 Å². The van der Waals surface area contributed by atoms with Gasteiger partial charge in [-0.15, -0.1) is 0 Å². The van der Waals surface area contributed by atoms with E-state index in [1.165, 1.54) is 6.07 Å². The standard InChI is InChI=1S/C29H30ClFN4O5/c1-29(22-7-5-19(30)15-23(22)31)39-25-4-2-3-24(28(25)40-29)34-12-10-33(11-13-34)18-26-32-16-20(6-8-27(36)37)35(26)17-21-9-14-38-21/h2-8,15-16,21H,9-14,17-18H2,1H3,(H,36,37)/b8-6+. The van der Waals surface area contributed by atoms with Crippen LogP contribution in [0.2, 0.25) is 5.02 Å². The summed E-state index contributed by atoms with van der Waals surface area (Å²) in [4.78, 5) is 20.2. The van der Waals surface area contributed by atoms with Gasteiger partial charge in [0.05, 0.1) is 42.3 Å². The minimum Gasteiger partial charge on any atom is -0.478 e. The molecule has 4 heterocycles. The molecule has 0 spiro atoms. The summed E-state index contributed by atoms with van der Waals surface area (Å²) in [6.07, 6.45) is 5.53. The van der Waals surface area contributed by atoms with Crippen LogP contribution >= 0.6 is 11.6 Å². The first-order chi connectivity index (χ1) is 19.3. The van der Waals surface area contributed by atoms with E-state index in [0.29, 0.717) is 29.6 Å². The molecule has 2 unspecified atom stereocenters. The van der Waals surface area contributed by atoms with Gasteiger partial charge in [0.15, 0.2) is 11.5 Å². The Morgan fingerprint density at radius 1 is 1.23 bits per heavy atom. The highest BCUT2D eigenvalue weighted by Gasteiger charge is 2.42. The Balaban J connectivity index is 1.14. The van der Waals surface area contributed by atoms with E-state index in [0.717, 1.165) is 62.5 Å². The Hall–Kier alpha value is -3.60. The predicted octanol–water partition coefficient (Wildman–Crippen LogP) is 4.53. The molecule has 2 saturated heterocycles. The fraction of sp³-hybridized carbons (Fsp3) is 0.379. The molecule has 0 saturated carbocycles. The lowest BCUT2D eigenvalue weighted by Gasteiger charge is -2.36. The summed E-state index contributed by atoms with van der Waals surface area (Å²) >= 11 is 5.95. The normalized spacial score (nSPS) is 22.6. The molecule has 0 radical (unpaired) electrons. The van der Waals surface area contributed by atoms with E-state index in [-0.39, 0.29) is 11.7 Å². The molecular weight excluding hydrogens is 539 g/mol. The van der Waals surface area contributed by atoms with Crippen LogP contribution in [0.5, 0.6) is 11.5 Å². The number of aromatic nitrogens is 2. The smallest absolute Gasteiger partial charge is 0.328 e. The molecule has 0 aliphatic carbocycles. The maximum Gasteiger partial charge on any atom is 0.328 e. The molecule has 3 aliphatic heterocycles. The molecule has 1 aromatic heterocycles. The molecule has 2 atom stereocenters. The number of anilines is 1. The molecule has 2 aromatic carbocycles. The van der Waals surface area contributed by atoms with E-state index < -0.39 is 17.6 Å². The molecule has 1 N–H and O–H groups in total. The maximum absolute atomic E-state index is 14.7. The van der Waals surface area contributed by atoms with E-state index in [1.54, 1.807) is 31.3 Å². The van der Waals surface area contributed by atoms with E-state index in [2.05, 4.69) is 19.4 Å². The Morgan fingerprint density at radius 3 is 2.73 bits per heavy atom. The predicted molar refractivity (Wildman–Crippen MR) is 147 cm³/mol. The quantitative estimate of drug-likeness (QED) is 0.397. The number of hydrogen-bond acceptors (Lipinski definition) is 7. The highest BCUT2D eigenvalue weighted by molar-refractivity contribution is 6.30. The summed E-state index contributed by atoms with van der Waals surface area (Å²) in [5, 5.41) is 9.38.